The lowest BCUT2D eigenvalue weighted by molar-refractivity contribution is 0.356. The van der Waals surface area contributed by atoms with E-state index in [4.69, 9.17) is 0 Å². The van der Waals surface area contributed by atoms with Gasteiger partial charge in [0.1, 0.15) is 17.5 Å². The van der Waals surface area contributed by atoms with Crippen LogP contribution in [0.15, 0.2) is 0 Å². The topological polar surface area (TPSA) is 53.1 Å². The van der Waals surface area contributed by atoms with Crippen LogP contribution >= 0.6 is 0 Å². The van der Waals surface area contributed by atoms with Crippen LogP contribution in [-0.2, 0) is 6.42 Å². The van der Waals surface area contributed by atoms with Gasteiger partial charge in [0.25, 0.3) is 0 Å². The number of hydrogen-bond acceptors (Lipinski definition) is 5. The Morgan fingerprint density at radius 3 is 2.24 bits per heavy atom. The van der Waals surface area contributed by atoms with Crippen molar-refractivity contribution in [1.82, 2.24) is 14.9 Å². The Hall–Kier alpha value is -1.36. The Morgan fingerprint density at radius 1 is 1.14 bits per heavy atom. The summed E-state index contributed by atoms with van der Waals surface area (Å²) < 4.78 is 0. The molecular weight excluding hydrogens is 262 g/mol. The molecule has 1 rings (SSSR count). The van der Waals surface area contributed by atoms with E-state index in [1.165, 1.54) is 0 Å². The zero-order valence-corrected chi connectivity index (χ0v) is 14.6. The Bertz CT molecular complexity index is 433. The third kappa shape index (κ3) is 5.50. The molecule has 120 valence electrons. The number of likely N-dealkylation sites (N-methyl/N-ethyl adjacent to an activating group) is 1. The van der Waals surface area contributed by atoms with Gasteiger partial charge in [0.15, 0.2) is 0 Å². The lowest BCUT2D eigenvalue weighted by Gasteiger charge is -2.25. The van der Waals surface area contributed by atoms with Crippen molar-refractivity contribution >= 4 is 11.6 Å². The van der Waals surface area contributed by atoms with E-state index in [2.05, 4.69) is 67.3 Å². The van der Waals surface area contributed by atoms with E-state index in [0.29, 0.717) is 12.0 Å². The van der Waals surface area contributed by atoms with Crippen molar-refractivity contribution in [1.29, 1.82) is 0 Å². The third-order valence-electron chi connectivity index (χ3n) is 3.43. The highest BCUT2D eigenvalue weighted by molar-refractivity contribution is 5.57. The van der Waals surface area contributed by atoms with Gasteiger partial charge in [-0.3, -0.25) is 0 Å². The number of hydrogen-bond donors (Lipinski definition) is 2. The maximum atomic E-state index is 4.67. The smallest absolute Gasteiger partial charge is 0.135 e. The molecule has 21 heavy (non-hydrogen) atoms. The summed E-state index contributed by atoms with van der Waals surface area (Å²) in [5, 5.41) is 6.79. The molecule has 0 amide bonds. The molecule has 5 heteroatoms. The zero-order valence-electron chi connectivity index (χ0n) is 14.6. The van der Waals surface area contributed by atoms with Crippen molar-refractivity contribution in [3.05, 3.63) is 11.4 Å². The van der Waals surface area contributed by atoms with E-state index in [0.717, 1.165) is 42.4 Å². The minimum atomic E-state index is 0.392. The summed E-state index contributed by atoms with van der Waals surface area (Å²) in [6.07, 6.45) is 1.96. The molecule has 1 aromatic rings. The second-order valence-corrected chi connectivity index (χ2v) is 6.30. The molecule has 5 nitrogen and oxygen atoms in total. The molecule has 0 bridgehead atoms. The number of rotatable bonds is 8. The van der Waals surface area contributed by atoms with Gasteiger partial charge in [0, 0.05) is 31.6 Å². The van der Waals surface area contributed by atoms with Crippen molar-refractivity contribution in [2.75, 3.05) is 38.3 Å². The molecule has 0 spiro atoms. The van der Waals surface area contributed by atoms with Crippen LogP contribution in [0.25, 0.3) is 0 Å². The molecule has 0 aliphatic rings. The van der Waals surface area contributed by atoms with Crippen molar-refractivity contribution < 1.29 is 0 Å². The molecule has 1 unspecified atom stereocenters. The average Bonchev–Trinajstić information content (AvgIpc) is 2.39. The molecule has 0 radical (unpaired) electrons. The van der Waals surface area contributed by atoms with Crippen LogP contribution in [0.3, 0.4) is 0 Å². The van der Waals surface area contributed by atoms with Gasteiger partial charge in [-0.05, 0) is 33.4 Å². The zero-order chi connectivity index (χ0) is 16.0. The first kappa shape index (κ1) is 17.7. The summed E-state index contributed by atoms with van der Waals surface area (Å²) >= 11 is 0. The summed E-state index contributed by atoms with van der Waals surface area (Å²) in [4.78, 5) is 11.4. The summed E-state index contributed by atoms with van der Waals surface area (Å²) in [5.74, 6) is 3.40. The second kappa shape index (κ2) is 8.17. The largest absolute Gasteiger partial charge is 0.373 e. The first-order valence-corrected chi connectivity index (χ1v) is 7.83. The van der Waals surface area contributed by atoms with Crippen LogP contribution in [0.2, 0.25) is 0 Å². The minimum Gasteiger partial charge on any atom is -0.373 e. The van der Waals surface area contributed by atoms with Gasteiger partial charge in [0.2, 0.25) is 0 Å². The summed E-state index contributed by atoms with van der Waals surface area (Å²) in [5.41, 5.74) is 1.09. The van der Waals surface area contributed by atoms with Crippen LogP contribution in [-0.4, -0.2) is 48.6 Å². The van der Waals surface area contributed by atoms with Gasteiger partial charge in [-0.15, -0.1) is 0 Å². The fourth-order valence-electron chi connectivity index (χ4n) is 2.49. The highest BCUT2D eigenvalue weighted by Crippen LogP contribution is 2.22. The lowest BCUT2D eigenvalue weighted by atomic mass is 10.0. The van der Waals surface area contributed by atoms with E-state index in [-0.39, 0.29) is 0 Å². The molecular formula is C16H31N5. The van der Waals surface area contributed by atoms with Gasteiger partial charge < -0.3 is 15.5 Å². The average molecular weight is 293 g/mol. The summed E-state index contributed by atoms with van der Waals surface area (Å²) in [6.45, 7) is 9.66. The van der Waals surface area contributed by atoms with Crippen molar-refractivity contribution in [2.24, 2.45) is 5.92 Å². The lowest BCUT2D eigenvalue weighted by Crippen LogP contribution is -2.34. The molecule has 0 fully saturated rings. The number of nitrogens with one attached hydrogen (secondary N) is 2. The summed E-state index contributed by atoms with van der Waals surface area (Å²) in [7, 11) is 6.13. The molecule has 1 heterocycles. The van der Waals surface area contributed by atoms with Gasteiger partial charge in [-0.25, -0.2) is 9.97 Å². The standard InChI is InChI=1S/C16H31N5/c1-8-14-19-15(17-5)12(4)16(20-14)18-13(9-11(2)3)10-21(6)7/h11,13H,8-10H2,1-7H3,(H2,17,18,19,20). The normalized spacial score (nSPS) is 12.8. The van der Waals surface area contributed by atoms with Crippen LogP contribution in [0.1, 0.15) is 38.6 Å². The highest BCUT2D eigenvalue weighted by atomic mass is 15.1. The molecule has 0 saturated heterocycles. The van der Waals surface area contributed by atoms with Gasteiger partial charge >= 0.3 is 0 Å². The van der Waals surface area contributed by atoms with Crippen molar-refractivity contribution in [2.45, 2.75) is 46.6 Å². The van der Waals surface area contributed by atoms with Crippen LogP contribution in [0, 0.1) is 12.8 Å². The van der Waals surface area contributed by atoms with Gasteiger partial charge in [-0.2, -0.15) is 0 Å². The van der Waals surface area contributed by atoms with E-state index in [1.54, 1.807) is 0 Å². The second-order valence-electron chi connectivity index (χ2n) is 6.30. The minimum absolute atomic E-state index is 0.392. The van der Waals surface area contributed by atoms with Crippen LogP contribution in [0.4, 0.5) is 11.6 Å². The maximum Gasteiger partial charge on any atom is 0.135 e. The molecule has 0 saturated carbocycles. The Kier molecular flexibility index (Phi) is 6.89. The Morgan fingerprint density at radius 2 is 1.76 bits per heavy atom. The number of aryl methyl sites for hydroxylation is 1. The van der Waals surface area contributed by atoms with Gasteiger partial charge in [-0.1, -0.05) is 20.8 Å². The SMILES string of the molecule is CCc1nc(NC)c(C)c(NC(CC(C)C)CN(C)C)n1. The predicted octanol–water partition coefficient (Wildman–Crippen LogP) is 2.78. The number of aromatic nitrogens is 2. The van der Waals surface area contributed by atoms with E-state index in [9.17, 15) is 0 Å². The van der Waals surface area contributed by atoms with E-state index in [1.807, 2.05) is 7.05 Å². The number of nitrogens with zero attached hydrogens (tertiary/aromatic N) is 3. The highest BCUT2D eigenvalue weighted by Gasteiger charge is 2.16. The van der Waals surface area contributed by atoms with Gasteiger partial charge in [0.05, 0.1) is 0 Å². The number of anilines is 2. The van der Waals surface area contributed by atoms with Crippen molar-refractivity contribution in [3.63, 3.8) is 0 Å². The van der Waals surface area contributed by atoms with E-state index >= 15 is 0 Å². The Labute approximate surface area is 129 Å². The maximum absolute atomic E-state index is 4.67. The predicted molar refractivity (Wildman–Crippen MR) is 91.1 cm³/mol. The first-order valence-electron chi connectivity index (χ1n) is 7.83. The molecule has 1 aromatic heterocycles. The van der Waals surface area contributed by atoms with Crippen LogP contribution < -0.4 is 10.6 Å². The first-order chi connectivity index (χ1) is 9.87. The molecule has 2 N–H and O–H groups in total. The fraction of sp³-hybridized carbons (Fsp3) is 0.750. The Balaban J connectivity index is 3.00. The van der Waals surface area contributed by atoms with E-state index < -0.39 is 0 Å². The third-order valence-corrected chi connectivity index (χ3v) is 3.43. The quantitative estimate of drug-likeness (QED) is 0.772. The molecule has 0 aliphatic carbocycles. The molecule has 0 aliphatic heterocycles. The monoisotopic (exact) mass is 293 g/mol. The summed E-state index contributed by atoms with van der Waals surface area (Å²) in [6, 6.07) is 0.392. The molecule has 0 aromatic carbocycles. The van der Waals surface area contributed by atoms with Crippen LogP contribution in [0.5, 0.6) is 0 Å². The fourth-order valence-corrected chi connectivity index (χ4v) is 2.49. The van der Waals surface area contributed by atoms with Crippen molar-refractivity contribution in [3.8, 4) is 0 Å². The molecule has 1 atom stereocenters.